The Balaban J connectivity index is 1.79. The Hall–Kier alpha value is -1.82. The molecule has 2 rings (SSSR count). The highest BCUT2D eigenvalue weighted by Gasteiger charge is 2.05. The van der Waals surface area contributed by atoms with Gasteiger partial charge in [-0.05, 0) is 18.6 Å². The first-order valence-corrected chi connectivity index (χ1v) is 6.05. The summed E-state index contributed by atoms with van der Waals surface area (Å²) in [6, 6.07) is 3.97. The normalized spacial score (nSPS) is 11.2. The fourth-order valence-corrected chi connectivity index (χ4v) is 1.68. The number of pyridine rings is 1. The van der Waals surface area contributed by atoms with E-state index in [4.69, 9.17) is 0 Å². The third-order valence-corrected chi connectivity index (χ3v) is 2.62. The minimum Gasteiger partial charge on any atom is -0.307 e. The van der Waals surface area contributed by atoms with E-state index in [1.165, 1.54) is 4.68 Å². The first-order valence-electron chi connectivity index (χ1n) is 6.05. The number of alkyl halides is 2. The highest BCUT2D eigenvalue weighted by atomic mass is 19.3. The molecule has 0 amide bonds. The molecule has 2 aromatic rings. The Morgan fingerprint density at radius 2 is 2.11 bits per heavy atom. The van der Waals surface area contributed by atoms with E-state index in [2.05, 4.69) is 15.4 Å². The Labute approximate surface area is 110 Å². The second-order valence-corrected chi connectivity index (χ2v) is 4.39. The maximum atomic E-state index is 12.2. The van der Waals surface area contributed by atoms with Crippen LogP contribution < -0.4 is 5.32 Å². The van der Waals surface area contributed by atoms with Crippen LogP contribution in [-0.2, 0) is 19.6 Å². The molecule has 0 saturated carbocycles. The molecule has 0 spiro atoms. The van der Waals surface area contributed by atoms with Crippen molar-refractivity contribution in [2.75, 3.05) is 0 Å². The molecule has 0 aromatic carbocycles. The van der Waals surface area contributed by atoms with Gasteiger partial charge in [-0.25, -0.2) is 8.78 Å². The summed E-state index contributed by atoms with van der Waals surface area (Å²) in [4.78, 5) is 4.27. The van der Waals surface area contributed by atoms with Crippen LogP contribution in [0.4, 0.5) is 8.78 Å². The van der Waals surface area contributed by atoms with Crippen LogP contribution in [0.2, 0.25) is 0 Å². The van der Waals surface area contributed by atoms with Crippen LogP contribution in [0.3, 0.4) is 0 Å². The first kappa shape index (κ1) is 13.6. The van der Waals surface area contributed by atoms with Gasteiger partial charge in [0, 0.05) is 31.0 Å². The van der Waals surface area contributed by atoms with Gasteiger partial charge in [-0.1, -0.05) is 6.07 Å². The molecule has 6 heteroatoms. The lowest BCUT2D eigenvalue weighted by Crippen LogP contribution is -2.13. The quantitative estimate of drug-likeness (QED) is 0.871. The molecule has 0 aliphatic heterocycles. The SMILES string of the molecule is Cc1ccc(CNCc2cnn(CC(F)F)c2)nc1. The number of aromatic nitrogens is 3. The lowest BCUT2D eigenvalue weighted by molar-refractivity contribution is 0.122. The van der Waals surface area contributed by atoms with Crippen LogP contribution in [0.25, 0.3) is 0 Å². The van der Waals surface area contributed by atoms with Crippen molar-refractivity contribution in [2.24, 2.45) is 0 Å². The Kier molecular flexibility index (Phi) is 4.57. The molecule has 0 bridgehead atoms. The van der Waals surface area contributed by atoms with Crippen molar-refractivity contribution >= 4 is 0 Å². The average Bonchev–Trinajstić information content (AvgIpc) is 2.78. The predicted molar refractivity (Wildman–Crippen MR) is 67.7 cm³/mol. The minimum absolute atomic E-state index is 0.362. The number of aryl methyl sites for hydroxylation is 1. The van der Waals surface area contributed by atoms with Crippen molar-refractivity contribution in [1.29, 1.82) is 0 Å². The second kappa shape index (κ2) is 6.38. The third kappa shape index (κ3) is 4.40. The summed E-state index contributed by atoms with van der Waals surface area (Å²) in [6.45, 7) is 2.85. The Bertz CT molecular complexity index is 508. The predicted octanol–water partition coefficient (Wildman–Crippen LogP) is 2.14. The molecular weight excluding hydrogens is 250 g/mol. The van der Waals surface area contributed by atoms with Crippen molar-refractivity contribution in [1.82, 2.24) is 20.1 Å². The zero-order valence-corrected chi connectivity index (χ0v) is 10.7. The van der Waals surface area contributed by atoms with Crippen molar-refractivity contribution < 1.29 is 8.78 Å². The van der Waals surface area contributed by atoms with Crippen LogP contribution in [-0.4, -0.2) is 21.2 Å². The summed E-state index contributed by atoms with van der Waals surface area (Å²) in [6.07, 6.45) is 2.66. The maximum absolute atomic E-state index is 12.2. The van der Waals surface area contributed by atoms with Crippen molar-refractivity contribution in [2.45, 2.75) is 33.0 Å². The van der Waals surface area contributed by atoms with Gasteiger partial charge in [0.15, 0.2) is 0 Å². The molecule has 102 valence electrons. The molecule has 0 saturated heterocycles. The van der Waals surface area contributed by atoms with Crippen molar-refractivity contribution in [3.63, 3.8) is 0 Å². The first-order chi connectivity index (χ1) is 9.13. The zero-order valence-electron chi connectivity index (χ0n) is 10.7. The summed E-state index contributed by atoms with van der Waals surface area (Å²) in [7, 11) is 0. The average molecular weight is 266 g/mol. The largest absolute Gasteiger partial charge is 0.307 e. The van der Waals surface area contributed by atoms with Crippen LogP contribution >= 0.6 is 0 Å². The Morgan fingerprint density at radius 1 is 1.26 bits per heavy atom. The Morgan fingerprint density at radius 3 is 2.79 bits per heavy atom. The molecular formula is C13H16F2N4. The molecule has 0 unspecified atom stereocenters. The van der Waals surface area contributed by atoms with E-state index in [1.54, 1.807) is 12.4 Å². The van der Waals surface area contributed by atoms with Gasteiger partial charge in [-0.15, -0.1) is 0 Å². The van der Waals surface area contributed by atoms with E-state index in [1.807, 2.05) is 25.3 Å². The summed E-state index contributed by atoms with van der Waals surface area (Å²) in [5.74, 6) is 0. The summed E-state index contributed by atoms with van der Waals surface area (Å²) in [5.41, 5.74) is 2.95. The van der Waals surface area contributed by atoms with Gasteiger partial charge in [0.1, 0.15) is 6.54 Å². The van der Waals surface area contributed by atoms with Crippen LogP contribution in [0.5, 0.6) is 0 Å². The van der Waals surface area contributed by atoms with Crippen molar-refractivity contribution in [3.05, 3.63) is 47.5 Å². The van der Waals surface area contributed by atoms with Gasteiger partial charge in [0.05, 0.1) is 11.9 Å². The fourth-order valence-electron chi connectivity index (χ4n) is 1.68. The molecule has 19 heavy (non-hydrogen) atoms. The fraction of sp³-hybridized carbons (Fsp3) is 0.385. The van der Waals surface area contributed by atoms with E-state index in [9.17, 15) is 8.78 Å². The summed E-state index contributed by atoms with van der Waals surface area (Å²) < 4.78 is 25.6. The number of hydrogen-bond acceptors (Lipinski definition) is 3. The number of hydrogen-bond donors (Lipinski definition) is 1. The molecule has 0 aliphatic carbocycles. The van der Waals surface area contributed by atoms with Gasteiger partial charge in [-0.2, -0.15) is 5.10 Å². The van der Waals surface area contributed by atoms with E-state index in [-0.39, 0.29) is 6.54 Å². The number of halogens is 2. The van der Waals surface area contributed by atoms with Crippen LogP contribution in [0.15, 0.2) is 30.7 Å². The standard InChI is InChI=1S/C13H16F2N4/c1-10-2-3-12(17-4-10)7-16-5-11-6-18-19(8-11)9-13(14)15/h2-4,6,8,13,16H,5,7,9H2,1H3. The monoisotopic (exact) mass is 266 g/mol. The van der Waals surface area contributed by atoms with Gasteiger partial charge in [0.25, 0.3) is 6.43 Å². The molecule has 0 radical (unpaired) electrons. The molecule has 0 aliphatic rings. The molecule has 1 N–H and O–H groups in total. The van der Waals surface area contributed by atoms with Crippen LogP contribution in [0, 0.1) is 6.92 Å². The summed E-state index contributed by atoms with van der Waals surface area (Å²) in [5, 5.41) is 7.08. The molecule has 2 heterocycles. The molecule has 2 aromatic heterocycles. The topological polar surface area (TPSA) is 42.7 Å². The summed E-state index contributed by atoms with van der Waals surface area (Å²) >= 11 is 0. The van der Waals surface area contributed by atoms with Gasteiger partial charge < -0.3 is 5.32 Å². The lowest BCUT2D eigenvalue weighted by Gasteiger charge is -2.03. The van der Waals surface area contributed by atoms with E-state index in [0.29, 0.717) is 13.1 Å². The highest BCUT2D eigenvalue weighted by Crippen LogP contribution is 2.03. The molecule has 0 atom stereocenters. The molecule has 0 fully saturated rings. The van der Waals surface area contributed by atoms with Crippen LogP contribution in [0.1, 0.15) is 16.8 Å². The van der Waals surface area contributed by atoms with Gasteiger partial charge >= 0.3 is 0 Å². The lowest BCUT2D eigenvalue weighted by atomic mass is 10.2. The van der Waals surface area contributed by atoms with Crippen molar-refractivity contribution in [3.8, 4) is 0 Å². The molecule has 4 nitrogen and oxygen atoms in total. The number of rotatable bonds is 6. The second-order valence-electron chi connectivity index (χ2n) is 4.39. The smallest absolute Gasteiger partial charge is 0.257 e. The number of nitrogens with one attached hydrogen (secondary N) is 1. The van der Waals surface area contributed by atoms with E-state index in [0.717, 1.165) is 16.8 Å². The maximum Gasteiger partial charge on any atom is 0.257 e. The van der Waals surface area contributed by atoms with E-state index >= 15 is 0 Å². The highest BCUT2D eigenvalue weighted by molar-refractivity contribution is 5.12. The minimum atomic E-state index is -2.38. The van der Waals surface area contributed by atoms with Gasteiger partial charge in [0.2, 0.25) is 0 Å². The third-order valence-electron chi connectivity index (χ3n) is 2.62. The van der Waals surface area contributed by atoms with Gasteiger partial charge in [-0.3, -0.25) is 9.67 Å². The number of nitrogens with zero attached hydrogens (tertiary/aromatic N) is 3. The zero-order chi connectivity index (χ0) is 13.7. The van der Waals surface area contributed by atoms with E-state index < -0.39 is 6.43 Å².